The van der Waals surface area contributed by atoms with E-state index in [-0.39, 0.29) is 12.6 Å². The molecule has 71 heavy (non-hydrogen) atoms. The summed E-state index contributed by atoms with van der Waals surface area (Å²) in [5.74, 6) is 0.754. The number of hydrogen-bond donors (Lipinski definition) is 0. The van der Waals surface area contributed by atoms with Crippen LogP contribution in [0.2, 0.25) is 0 Å². The van der Waals surface area contributed by atoms with E-state index in [1.807, 2.05) is 0 Å². The Balaban J connectivity index is 1.65. The van der Waals surface area contributed by atoms with E-state index in [2.05, 4.69) is 38.1 Å². The minimum absolute atomic E-state index is 0.131. The Morgan fingerprint density at radius 2 is 0.549 bits per heavy atom. The molecule has 0 spiro atoms. The molecule has 0 heterocycles. The van der Waals surface area contributed by atoms with Crippen LogP contribution in [0.1, 0.15) is 167 Å². The zero-order chi connectivity index (χ0) is 50.7. The van der Waals surface area contributed by atoms with Crippen LogP contribution in [0.15, 0.2) is 24.3 Å². The number of esters is 1. The quantitative estimate of drug-likeness (QED) is 0.0452. The summed E-state index contributed by atoms with van der Waals surface area (Å²) in [4.78, 5) is 11.9. The van der Waals surface area contributed by atoms with Crippen molar-refractivity contribution in [1.29, 1.82) is 0 Å². The number of unbranched alkanes of at least 4 members (excludes halogenated alkanes) is 20. The highest BCUT2D eigenvalue weighted by atomic mass is 16.6. The van der Waals surface area contributed by atoms with Gasteiger partial charge in [0, 0.05) is 6.42 Å². The van der Waals surface area contributed by atoms with Crippen molar-refractivity contribution in [1.82, 2.24) is 0 Å². The van der Waals surface area contributed by atoms with Crippen molar-refractivity contribution in [3.05, 3.63) is 29.8 Å². The molecule has 0 saturated heterocycles. The van der Waals surface area contributed by atoms with E-state index in [0.717, 1.165) is 25.0 Å². The van der Waals surface area contributed by atoms with E-state index in [4.69, 9.17) is 61.6 Å². The summed E-state index contributed by atoms with van der Waals surface area (Å²) >= 11 is 0. The van der Waals surface area contributed by atoms with Gasteiger partial charge in [0.1, 0.15) is 19.0 Å². The van der Waals surface area contributed by atoms with Crippen LogP contribution in [0.3, 0.4) is 0 Å². The lowest BCUT2D eigenvalue weighted by atomic mass is 10.0. The molecule has 1 aromatic rings. The Morgan fingerprint density at radius 1 is 0.296 bits per heavy atom. The monoisotopic (exact) mass is 1010 g/mol. The van der Waals surface area contributed by atoms with Crippen molar-refractivity contribution in [2.45, 2.75) is 168 Å². The van der Waals surface area contributed by atoms with Crippen LogP contribution in [0.4, 0.5) is 0 Å². The van der Waals surface area contributed by atoms with Crippen LogP contribution in [0.25, 0.3) is 0 Å². The summed E-state index contributed by atoms with van der Waals surface area (Å²) in [6, 6.07) is 8.46. The predicted molar refractivity (Wildman–Crippen MR) is 283 cm³/mol. The fourth-order valence-electron chi connectivity index (χ4n) is 7.49. The second kappa shape index (κ2) is 58.9. The van der Waals surface area contributed by atoms with Crippen molar-refractivity contribution >= 4 is 5.97 Å². The molecule has 418 valence electrons. The highest BCUT2D eigenvalue weighted by Gasteiger charge is 2.04. The summed E-state index contributed by atoms with van der Waals surface area (Å²) in [6.45, 7) is 16.2. The first-order chi connectivity index (χ1) is 35.3. The van der Waals surface area contributed by atoms with E-state index in [1.54, 1.807) is 0 Å². The van der Waals surface area contributed by atoms with Gasteiger partial charge in [-0.15, -0.1) is 0 Å². The summed E-state index contributed by atoms with van der Waals surface area (Å²) in [6.07, 6.45) is 30.7. The standard InChI is InChI=1S/C57H106O14/c1-3-5-7-9-11-12-13-14-15-16-17-18-20-22-24-26-57(58)71-54-52-69-50-48-67-46-44-65-42-40-63-38-36-61-34-32-59-31-33-60-35-37-62-39-41-64-43-45-66-47-49-68-51-53-70-56-29-27-55(28-30-56)25-23-21-19-10-8-6-4-2/h27-30H,3-26,31-54H2,1-2H3. The molecule has 0 fully saturated rings. The highest BCUT2D eigenvalue weighted by molar-refractivity contribution is 5.69. The maximum atomic E-state index is 11.9. The third kappa shape index (κ3) is 54.1. The number of benzene rings is 1. The van der Waals surface area contributed by atoms with E-state index in [0.29, 0.717) is 158 Å². The Bertz CT molecular complexity index is 1160. The predicted octanol–water partition coefficient (Wildman–Crippen LogP) is 11.3. The van der Waals surface area contributed by atoms with Gasteiger partial charge < -0.3 is 61.6 Å². The zero-order valence-corrected chi connectivity index (χ0v) is 45.5. The van der Waals surface area contributed by atoms with Gasteiger partial charge in [-0.25, -0.2) is 0 Å². The minimum Gasteiger partial charge on any atom is -0.491 e. The molecule has 0 atom stereocenters. The Morgan fingerprint density at radius 3 is 0.859 bits per heavy atom. The average molecular weight is 1020 g/mol. The molecular weight excluding hydrogens is 909 g/mol. The van der Waals surface area contributed by atoms with Gasteiger partial charge in [0.05, 0.1) is 145 Å². The van der Waals surface area contributed by atoms with Crippen molar-refractivity contribution in [3.63, 3.8) is 0 Å². The van der Waals surface area contributed by atoms with Crippen LogP contribution in [0.5, 0.6) is 5.75 Å². The van der Waals surface area contributed by atoms with Gasteiger partial charge in [0.25, 0.3) is 0 Å². The smallest absolute Gasteiger partial charge is 0.305 e. The molecule has 0 aliphatic carbocycles. The van der Waals surface area contributed by atoms with E-state index < -0.39 is 0 Å². The van der Waals surface area contributed by atoms with Gasteiger partial charge in [-0.05, 0) is 37.0 Å². The van der Waals surface area contributed by atoms with Crippen LogP contribution in [-0.4, -0.2) is 165 Å². The molecule has 0 radical (unpaired) electrons. The van der Waals surface area contributed by atoms with Crippen LogP contribution >= 0.6 is 0 Å². The molecule has 1 aromatic carbocycles. The molecular formula is C57H106O14. The lowest BCUT2D eigenvalue weighted by Gasteiger charge is -2.09. The largest absolute Gasteiger partial charge is 0.491 e. The number of hydrogen-bond acceptors (Lipinski definition) is 14. The number of rotatable bonds is 61. The molecule has 14 heteroatoms. The van der Waals surface area contributed by atoms with Gasteiger partial charge in [-0.1, -0.05) is 154 Å². The molecule has 0 saturated carbocycles. The molecule has 0 unspecified atom stereocenters. The van der Waals surface area contributed by atoms with Gasteiger partial charge in [0.2, 0.25) is 0 Å². The Hall–Kier alpha value is -1.95. The molecule has 0 N–H and O–H groups in total. The average Bonchev–Trinajstić information content (AvgIpc) is 3.38. The molecule has 0 aromatic heterocycles. The van der Waals surface area contributed by atoms with Gasteiger partial charge in [0.15, 0.2) is 0 Å². The first-order valence-electron chi connectivity index (χ1n) is 28.5. The molecule has 0 amide bonds. The lowest BCUT2D eigenvalue weighted by Crippen LogP contribution is -2.16. The second-order valence-corrected chi connectivity index (χ2v) is 18.0. The van der Waals surface area contributed by atoms with Crippen LogP contribution in [-0.2, 0) is 68.1 Å². The van der Waals surface area contributed by atoms with Crippen molar-refractivity contribution in [3.8, 4) is 5.75 Å². The van der Waals surface area contributed by atoms with Crippen LogP contribution in [0, 0.1) is 0 Å². The fourth-order valence-corrected chi connectivity index (χ4v) is 7.49. The molecule has 1 rings (SSSR count). The molecule has 0 aliphatic rings. The maximum absolute atomic E-state index is 11.9. The number of carbonyl (C=O) groups excluding carboxylic acids is 1. The summed E-state index contributed by atoms with van der Waals surface area (Å²) < 4.78 is 72.0. The normalized spacial score (nSPS) is 11.5. The van der Waals surface area contributed by atoms with Gasteiger partial charge in [-0.3, -0.25) is 4.79 Å². The summed E-state index contributed by atoms with van der Waals surface area (Å²) in [7, 11) is 0. The third-order valence-electron chi connectivity index (χ3n) is 11.7. The lowest BCUT2D eigenvalue weighted by molar-refractivity contribution is -0.145. The van der Waals surface area contributed by atoms with Gasteiger partial charge >= 0.3 is 5.97 Å². The first-order valence-corrected chi connectivity index (χ1v) is 28.5. The minimum atomic E-state index is -0.131. The van der Waals surface area contributed by atoms with Crippen LogP contribution < -0.4 is 4.74 Å². The third-order valence-corrected chi connectivity index (χ3v) is 11.7. The van der Waals surface area contributed by atoms with Crippen molar-refractivity contribution in [2.24, 2.45) is 0 Å². The number of aryl methyl sites for hydroxylation is 1. The second-order valence-electron chi connectivity index (χ2n) is 18.0. The number of carbonyl (C=O) groups is 1. The fraction of sp³-hybridized carbons (Fsp3) is 0.877. The summed E-state index contributed by atoms with van der Waals surface area (Å²) in [5.41, 5.74) is 1.38. The molecule has 0 aliphatic heterocycles. The van der Waals surface area contributed by atoms with E-state index >= 15 is 0 Å². The van der Waals surface area contributed by atoms with E-state index in [9.17, 15) is 4.79 Å². The van der Waals surface area contributed by atoms with Gasteiger partial charge in [-0.2, -0.15) is 0 Å². The molecule has 0 bridgehead atoms. The van der Waals surface area contributed by atoms with Crippen molar-refractivity contribution < 1.29 is 66.4 Å². The first kappa shape index (κ1) is 67.1. The number of ether oxygens (including phenoxy) is 13. The SMILES string of the molecule is CCCCCCCCCCCCCCCCCC(=O)OCCOCCOCCOCCOCCOCCOCCOCCOCCOCCOCCOCCOc1ccc(CCCCCCCCC)cc1. The summed E-state index contributed by atoms with van der Waals surface area (Å²) in [5, 5.41) is 0. The van der Waals surface area contributed by atoms with Crippen molar-refractivity contribution in [2.75, 3.05) is 159 Å². The van der Waals surface area contributed by atoms with E-state index in [1.165, 1.54) is 134 Å². The molecule has 14 nitrogen and oxygen atoms in total. The maximum Gasteiger partial charge on any atom is 0.305 e. The Labute approximate surface area is 433 Å². The Kier molecular flexibility index (Phi) is 55.7. The highest BCUT2D eigenvalue weighted by Crippen LogP contribution is 2.16. The zero-order valence-electron chi connectivity index (χ0n) is 45.5. The topological polar surface area (TPSA) is 137 Å².